The van der Waals surface area contributed by atoms with E-state index in [0.29, 0.717) is 17.7 Å². The molecular weight excluding hydrogens is 362 g/mol. The Kier molecular flexibility index (Phi) is 6.39. The van der Waals surface area contributed by atoms with Gasteiger partial charge in [0.05, 0.1) is 17.4 Å². The number of ketones is 1. The summed E-state index contributed by atoms with van der Waals surface area (Å²) < 4.78 is 0. The molecule has 0 bridgehead atoms. The summed E-state index contributed by atoms with van der Waals surface area (Å²) in [7, 11) is 0. The highest BCUT2D eigenvalue weighted by atomic mass is 16.2. The van der Waals surface area contributed by atoms with E-state index in [1.807, 2.05) is 61.2 Å². The summed E-state index contributed by atoms with van der Waals surface area (Å²) >= 11 is 0. The molecule has 1 amide bonds. The summed E-state index contributed by atoms with van der Waals surface area (Å²) in [5.41, 5.74) is 3.81. The molecule has 0 aliphatic heterocycles. The molecule has 5 nitrogen and oxygen atoms in total. The van der Waals surface area contributed by atoms with Crippen molar-refractivity contribution >= 4 is 23.1 Å². The number of carbonyl (C=O) groups excluding carboxylic acids is 2. The SMILES string of the molecule is CC(=O)c1ccc(Nc2cncc(C(=O)N(Cc3ccccc3)C(C)C)c2)cc1. The third kappa shape index (κ3) is 5.29. The molecule has 2 aromatic carbocycles. The van der Waals surface area contributed by atoms with Crippen LogP contribution in [0.25, 0.3) is 0 Å². The minimum Gasteiger partial charge on any atom is -0.354 e. The zero-order valence-corrected chi connectivity index (χ0v) is 16.9. The minimum atomic E-state index is -0.0630. The largest absolute Gasteiger partial charge is 0.354 e. The smallest absolute Gasteiger partial charge is 0.256 e. The second kappa shape index (κ2) is 9.15. The average Bonchev–Trinajstić information content (AvgIpc) is 2.72. The number of Topliss-reactive ketones (excluding diaryl/α,β-unsaturated/α-hetero) is 1. The Labute approximate surface area is 171 Å². The van der Waals surface area contributed by atoms with Crippen LogP contribution in [0.15, 0.2) is 73.1 Å². The van der Waals surface area contributed by atoms with E-state index in [2.05, 4.69) is 10.3 Å². The van der Waals surface area contributed by atoms with Crippen LogP contribution in [0.4, 0.5) is 11.4 Å². The van der Waals surface area contributed by atoms with Gasteiger partial charge in [0, 0.05) is 30.0 Å². The molecule has 0 radical (unpaired) electrons. The Morgan fingerprint density at radius 2 is 1.62 bits per heavy atom. The molecule has 0 aliphatic carbocycles. The van der Waals surface area contributed by atoms with E-state index < -0.39 is 0 Å². The summed E-state index contributed by atoms with van der Waals surface area (Å²) in [5, 5.41) is 3.24. The van der Waals surface area contributed by atoms with E-state index in [4.69, 9.17) is 0 Å². The van der Waals surface area contributed by atoms with Crippen molar-refractivity contribution in [1.82, 2.24) is 9.88 Å². The second-order valence-corrected chi connectivity index (χ2v) is 7.23. The maximum absolute atomic E-state index is 13.1. The molecule has 148 valence electrons. The molecule has 1 heterocycles. The molecule has 0 saturated carbocycles. The molecule has 1 N–H and O–H groups in total. The quantitative estimate of drug-likeness (QED) is 0.574. The van der Waals surface area contributed by atoms with Gasteiger partial charge in [-0.2, -0.15) is 0 Å². The van der Waals surface area contributed by atoms with Crippen LogP contribution in [0.1, 0.15) is 47.1 Å². The number of benzene rings is 2. The minimum absolute atomic E-state index is 0.0259. The van der Waals surface area contributed by atoms with Crippen LogP contribution < -0.4 is 5.32 Å². The molecule has 0 fully saturated rings. The fourth-order valence-electron chi connectivity index (χ4n) is 3.02. The highest BCUT2D eigenvalue weighted by Crippen LogP contribution is 2.20. The topological polar surface area (TPSA) is 62.3 Å². The zero-order valence-electron chi connectivity index (χ0n) is 16.9. The van der Waals surface area contributed by atoms with Crippen molar-refractivity contribution in [3.8, 4) is 0 Å². The third-order valence-electron chi connectivity index (χ3n) is 4.65. The standard InChI is InChI=1S/C24H25N3O2/c1-17(2)27(16-19-7-5-4-6-8-19)24(29)21-13-23(15-25-14-21)26-22-11-9-20(10-12-22)18(3)28/h4-15,17,26H,16H2,1-3H3. The number of hydrogen-bond acceptors (Lipinski definition) is 4. The second-order valence-electron chi connectivity index (χ2n) is 7.23. The number of hydrogen-bond donors (Lipinski definition) is 1. The lowest BCUT2D eigenvalue weighted by Crippen LogP contribution is -2.36. The monoisotopic (exact) mass is 387 g/mol. The normalized spacial score (nSPS) is 10.6. The number of nitrogens with one attached hydrogen (secondary N) is 1. The lowest BCUT2D eigenvalue weighted by atomic mass is 10.1. The van der Waals surface area contributed by atoms with Gasteiger partial charge in [0.1, 0.15) is 0 Å². The molecule has 0 atom stereocenters. The molecule has 5 heteroatoms. The lowest BCUT2D eigenvalue weighted by Gasteiger charge is -2.27. The van der Waals surface area contributed by atoms with Gasteiger partial charge in [-0.15, -0.1) is 0 Å². The molecule has 0 spiro atoms. The van der Waals surface area contributed by atoms with Gasteiger partial charge in [-0.3, -0.25) is 14.6 Å². The van der Waals surface area contributed by atoms with Gasteiger partial charge >= 0.3 is 0 Å². The van der Waals surface area contributed by atoms with E-state index in [-0.39, 0.29) is 17.7 Å². The van der Waals surface area contributed by atoms with Gasteiger partial charge in [-0.05, 0) is 56.7 Å². The van der Waals surface area contributed by atoms with Crippen molar-refractivity contribution in [3.63, 3.8) is 0 Å². The first kappa shape index (κ1) is 20.3. The summed E-state index contributed by atoms with van der Waals surface area (Å²) in [4.78, 5) is 30.6. The first-order valence-electron chi connectivity index (χ1n) is 9.62. The Morgan fingerprint density at radius 1 is 0.931 bits per heavy atom. The average molecular weight is 387 g/mol. The first-order valence-corrected chi connectivity index (χ1v) is 9.62. The van der Waals surface area contributed by atoms with Crippen LogP contribution in [0, 0.1) is 0 Å². The maximum Gasteiger partial charge on any atom is 0.256 e. The first-order chi connectivity index (χ1) is 13.9. The number of nitrogens with zero attached hydrogens (tertiary/aromatic N) is 2. The number of amides is 1. The summed E-state index contributed by atoms with van der Waals surface area (Å²) in [6.07, 6.45) is 3.26. The van der Waals surface area contributed by atoms with Crippen LogP contribution in [0.5, 0.6) is 0 Å². The predicted octanol–water partition coefficient (Wildman–Crippen LogP) is 5.08. The van der Waals surface area contributed by atoms with E-state index >= 15 is 0 Å². The third-order valence-corrected chi connectivity index (χ3v) is 4.65. The molecule has 1 aromatic heterocycles. The van der Waals surface area contributed by atoms with E-state index in [1.54, 1.807) is 30.6 Å². The van der Waals surface area contributed by atoms with Gasteiger partial charge < -0.3 is 10.2 Å². The van der Waals surface area contributed by atoms with Gasteiger partial charge in [0.15, 0.2) is 5.78 Å². The Hall–Kier alpha value is -3.47. The molecule has 0 saturated heterocycles. The lowest BCUT2D eigenvalue weighted by molar-refractivity contribution is 0.0690. The fraction of sp³-hybridized carbons (Fsp3) is 0.208. The Bertz CT molecular complexity index is 983. The van der Waals surface area contributed by atoms with E-state index in [9.17, 15) is 9.59 Å². The van der Waals surface area contributed by atoms with Crippen LogP contribution in [0.2, 0.25) is 0 Å². The maximum atomic E-state index is 13.1. The zero-order chi connectivity index (χ0) is 20.8. The molecule has 3 aromatic rings. The number of rotatable bonds is 7. The van der Waals surface area contributed by atoms with Gasteiger partial charge in [-0.25, -0.2) is 0 Å². The Morgan fingerprint density at radius 3 is 2.24 bits per heavy atom. The molecule has 3 rings (SSSR count). The van der Waals surface area contributed by atoms with Crippen molar-refractivity contribution in [3.05, 3.63) is 89.7 Å². The number of aromatic nitrogens is 1. The molecule has 29 heavy (non-hydrogen) atoms. The number of carbonyl (C=O) groups is 2. The number of anilines is 2. The number of pyridine rings is 1. The highest BCUT2D eigenvalue weighted by molar-refractivity contribution is 5.95. The Balaban J connectivity index is 1.77. The van der Waals surface area contributed by atoms with Crippen LogP contribution in [-0.2, 0) is 6.54 Å². The van der Waals surface area contributed by atoms with Gasteiger partial charge in [-0.1, -0.05) is 30.3 Å². The van der Waals surface area contributed by atoms with E-state index in [0.717, 1.165) is 16.9 Å². The van der Waals surface area contributed by atoms with Crippen molar-refractivity contribution in [2.24, 2.45) is 0 Å². The summed E-state index contributed by atoms with van der Waals surface area (Å²) in [6.45, 7) is 6.10. The predicted molar refractivity (Wildman–Crippen MR) is 115 cm³/mol. The summed E-state index contributed by atoms with van der Waals surface area (Å²) in [5.74, 6) is -0.0371. The molecule has 0 aliphatic rings. The van der Waals surface area contributed by atoms with Crippen molar-refractivity contribution in [1.29, 1.82) is 0 Å². The van der Waals surface area contributed by atoms with Gasteiger partial charge in [0.2, 0.25) is 0 Å². The van der Waals surface area contributed by atoms with E-state index in [1.165, 1.54) is 6.92 Å². The van der Waals surface area contributed by atoms with Crippen molar-refractivity contribution in [2.45, 2.75) is 33.4 Å². The molecular formula is C24H25N3O2. The van der Waals surface area contributed by atoms with Crippen molar-refractivity contribution < 1.29 is 9.59 Å². The summed E-state index contributed by atoms with van der Waals surface area (Å²) in [6, 6.07) is 19.0. The van der Waals surface area contributed by atoms with Crippen LogP contribution in [-0.4, -0.2) is 27.6 Å². The fourth-order valence-corrected chi connectivity index (χ4v) is 3.02. The van der Waals surface area contributed by atoms with Crippen molar-refractivity contribution in [2.75, 3.05) is 5.32 Å². The van der Waals surface area contributed by atoms with Crippen LogP contribution in [0.3, 0.4) is 0 Å². The highest BCUT2D eigenvalue weighted by Gasteiger charge is 2.19. The molecule has 0 unspecified atom stereocenters. The van der Waals surface area contributed by atoms with Gasteiger partial charge in [0.25, 0.3) is 5.91 Å². The van der Waals surface area contributed by atoms with Crippen LogP contribution >= 0.6 is 0 Å².